The molecule has 1 amide bonds. The van der Waals surface area contributed by atoms with Crippen LogP contribution in [0.15, 0.2) is 73.1 Å². The van der Waals surface area contributed by atoms with Crippen molar-refractivity contribution in [2.75, 3.05) is 5.32 Å². The molecule has 32 heavy (non-hydrogen) atoms. The topological polar surface area (TPSA) is 81.1 Å². The first-order valence-electron chi connectivity index (χ1n) is 10.0. The highest BCUT2D eigenvalue weighted by molar-refractivity contribution is 6.30. The molecule has 0 aliphatic heterocycles. The Labute approximate surface area is 191 Å². The molecule has 0 unspecified atom stereocenters. The molecule has 2 N–H and O–H groups in total. The van der Waals surface area contributed by atoms with Gasteiger partial charge < -0.3 is 15.4 Å². The molecule has 0 spiro atoms. The number of nitrogens with zero attached hydrogens (tertiary/aromatic N) is 3. The second-order valence-electron chi connectivity index (χ2n) is 7.18. The number of amides is 1. The minimum absolute atomic E-state index is 0.170. The van der Waals surface area contributed by atoms with Gasteiger partial charge in [-0.05, 0) is 42.8 Å². The zero-order chi connectivity index (χ0) is 22.5. The number of halogens is 1. The maximum Gasteiger partial charge on any atom is 0.251 e. The Morgan fingerprint density at radius 2 is 1.91 bits per heavy atom. The van der Waals surface area contributed by atoms with Gasteiger partial charge in [-0.15, -0.1) is 0 Å². The highest BCUT2D eigenvalue weighted by atomic mass is 35.5. The molecule has 4 aromatic rings. The van der Waals surface area contributed by atoms with Crippen molar-refractivity contribution in [3.05, 3.63) is 94.8 Å². The van der Waals surface area contributed by atoms with Crippen LogP contribution in [0.3, 0.4) is 0 Å². The van der Waals surface area contributed by atoms with E-state index < -0.39 is 0 Å². The summed E-state index contributed by atoms with van der Waals surface area (Å²) in [5.74, 6) is 2.47. The summed E-state index contributed by atoms with van der Waals surface area (Å²) in [5.41, 5.74) is 2.27. The Morgan fingerprint density at radius 1 is 1.09 bits per heavy atom. The van der Waals surface area contributed by atoms with Crippen LogP contribution in [0.4, 0.5) is 11.6 Å². The van der Waals surface area contributed by atoms with Gasteiger partial charge in [0.1, 0.15) is 23.1 Å². The molecule has 0 fully saturated rings. The van der Waals surface area contributed by atoms with E-state index in [0.717, 1.165) is 16.9 Å². The van der Waals surface area contributed by atoms with Crippen LogP contribution in [0.1, 0.15) is 21.5 Å². The summed E-state index contributed by atoms with van der Waals surface area (Å²) in [7, 11) is 1.84. The van der Waals surface area contributed by atoms with Gasteiger partial charge in [-0.2, -0.15) is 5.10 Å². The summed E-state index contributed by atoms with van der Waals surface area (Å²) < 4.78 is 7.78. The number of carbonyl (C=O) groups is 1. The average molecular weight is 448 g/mol. The quantitative estimate of drug-likeness (QED) is 0.404. The third-order valence-corrected chi connectivity index (χ3v) is 5.18. The zero-order valence-electron chi connectivity index (χ0n) is 17.7. The van der Waals surface area contributed by atoms with Crippen LogP contribution in [0, 0.1) is 6.92 Å². The van der Waals surface area contributed by atoms with Crippen LogP contribution < -0.4 is 15.4 Å². The number of hydrogen-bond donors (Lipinski definition) is 2. The van der Waals surface area contributed by atoms with Crippen molar-refractivity contribution >= 4 is 29.1 Å². The first kappa shape index (κ1) is 21.4. The summed E-state index contributed by atoms with van der Waals surface area (Å²) in [6.45, 7) is 2.27. The number of benzene rings is 2. The van der Waals surface area contributed by atoms with Gasteiger partial charge in [0.15, 0.2) is 0 Å². The van der Waals surface area contributed by atoms with E-state index in [4.69, 9.17) is 16.3 Å². The van der Waals surface area contributed by atoms with Crippen molar-refractivity contribution in [3.63, 3.8) is 0 Å². The first-order valence-corrected chi connectivity index (χ1v) is 10.4. The number of nitrogens with one attached hydrogen (secondary N) is 2. The van der Waals surface area contributed by atoms with Crippen LogP contribution in [0.2, 0.25) is 5.02 Å². The van der Waals surface area contributed by atoms with Crippen LogP contribution in [0.5, 0.6) is 11.5 Å². The molecule has 0 aliphatic rings. The first-order chi connectivity index (χ1) is 15.5. The summed E-state index contributed by atoms with van der Waals surface area (Å²) in [5, 5.41) is 10.9. The Bertz CT molecular complexity index is 1240. The number of ether oxygens (including phenoxy) is 1. The van der Waals surface area contributed by atoms with E-state index in [2.05, 4.69) is 20.7 Å². The molecule has 162 valence electrons. The predicted molar refractivity (Wildman–Crippen MR) is 125 cm³/mol. The van der Waals surface area contributed by atoms with Gasteiger partial charge in [-0.3, -0.25) is 9.48 Å². The lowest BCUT2D eigenvalue weighted by atomic mass is 10.1. The van der Waals surface area contributed by atoms with E-state index in [1.54, 1.807) is 53.5 Å². The van der Waals surface area contributed by atoms with Gasteiger partial charge in [0, 0.05) is 48.1 Å². The van der Waals surface area contributed by atoms with Crippen molar-refractivity contribution in [2.24, 2.45) is 7.05 Å². The Hall–Kier alpha value is -3.84. The van der Waals surface area contributed by atoms with Crippen molar-refractivity contribution in [1.29, 1.82) is 0 Å². The maximum absolute atomic E-state index is 12.8. The van der Waals surface area contributed by atoms with E-state index in [0.29, 0.717) is 34.4 Å². The molecule has 0 atom stereocenters. The molecule has 4 rings (SSSR count). The minimum atomic E-state index is -0.170. The van der Waals surface area contributed by atoms with Crippen LogP contribution >= 0.6 is 11.6 Å². The number of hydrogen-bond acceptors (Lipinski definition) is 5. The fourth-order valence-electron chi connectivity index (χ4n) is 3.15. The molecular formula is C24H22ClN5O2. The predicted octanol–water partition coefficient (Wildman–Crippen LogP) is 5.24. The molecule has 2 aromatic carbocycles. The van der Waals surface area contributed by atoms with Crippen molar-refractivity contribution in [3.8, 4) is 11.5 Å². The molecule has 2 aromatic heterocycles. The van der Waals surface area contributed by atoms with E-state index in [1.165, 1.54) is 0 Å². The lowest BCUT2D eigenvalue weighted by molar-refractivity contribution is 0.0950. The SMILES string of the molecule is Cc1c(Oc2ccnc(Nc3ccnn3C)c2)cccc1C(=O)NCc1ccc(Cl)cc1. The highest BCUT2D eigenvalue weighted by Gasteiger charge is 2.13. The zero-order valence-corrected chi connectivity index (χ0v) is 18.4. The third kappa shape index (κ3) is 5.07. The number of carbonyl (C=O) groups excluding carboxylic acids is 1. The number of anilines is 2. The molecule has 0 radical (unpaired) electrons. The van der Waals surface area contributed by atoms with E-state index in [1.807, 2.05) is 38.2 Å². The fourth-order valence-corrected chi connectivity index (χ4v) is 3.27. The maximum atomic E-state index is 12.8. The lowest BCUT2D eigenvalue weighted by Crippen LogP contribution is -2.23. The second kappa shape index (κ2) is 9.53. The van der Waals surface area contributed by atoms with Crippen LogP contribution in [-0.2, 0) is 13.6 Å². The van der Waals surface area contributed by atoms with Gasteiger partial charge in [-0.1, -0.05) is 29.8 Å². The molecule has 0 bridgehead atoms. The van der Waals surface area contributed by atoms with Crippen LogP contribution in [-0.4, -0.2) is 20.7 Å². The van der Waals surface area contributed by atoms with Gasteiger partial charge in [0.05, 0.1) is 6.20 Å². The highest BCUT2D eigenvalue weighted by Crippen LogP contribution is 2.28. The summed E-state index contributed by atoms with van der Waals surface area (Å²) in [6, 6.07) is 18.2. The normalized spacial score (nSPS) is 10.6. The van der Waals surface area contributed by atoms with E-state index in [9.17, 15) is 4.79 Å². The molecular weight excluding hydrogens is 426 g/mol. The Balaban J connectivity index is 1.46. The van der Waals surface area contributed by atoms with Gasteiger partial charge in [0.2, 0.25) is 0 Å². The second-order valence-corrected chi connectivity index (χ2v) is 7.62. The fraction of sp³-hybridized carbons (Fsp3) is 0.125. The molecule has 7 nitrogen and oxygen atoms in total. The standard InChI is InChI=1S/C24H22ClN5O2/c1-16-20(24(31)27-15-17-6-8-18(25)9-7-17)4-3-5-21(16)32-19-10-12-26-22(14-19)29-23-11-13-28-30(23)2/h3-14H,15H2,1-2H3,(H,26,29)(H,27,31). The number of aromatic nitrogens is 3. The van der Waals surface area contributed by atoms with Crippen molar-refractivity contribution in [2.45, 2.75) is 13.5 Å². The summed E-state index contributed by atoms with van der Waals surface area (Å²) in [4.78, 5) is 17.1. The van der Waals surface area contributed by atoms with E-state index >= 15 is 0 Å². The average Bonchev–Trinajstić information content (AvgIpc) is 3.19. The van der Waals surface area contributed by atoms with Gasteiger partial charge >= 0.3 is 0 Å². The van der Waals surface area contributed by atoms with Crippen molar-refractivity contribution < 1.29 is 9.53 Å². The monoisotopic (exact) mass is 447 g/mol. The summed E-state index contributed by atoms with van der Waals surface area (Å²) in [6.07, 6.45) is 3.36. The van der Waals surface area contributed by atoms with E-state index in [-0.39, 0.29) is 5.91 Å². The molecule has 0 saturated heterocycles. The molecule has 2 heterocycles. The lowest BCUT2D eigenvalue weighted by Gasteiger charge is -2.13. The van der Waals surface area contributed by atoms with Crippen molar-refractivity contribution in [1.82, 2.24) is 20.1 Å². The smallest absolute Gasteiger partial charge is 0.251 e. The largest absolute Gasteiger partial charge is 0.457 e. The van der Waals surface area contributed by atoms with Gasteiger partial charge in [-0.25, -0.2) is 4.98 Å². The molecule has 0 aliphatic carbocycles. The molecule has 8 heteroatoms. The van der Waals surface area contributed by atoms with Gasteiger partial charge in [0.25, 0.3) is 5.91 Å². The van der Waals surface area contributed by atoms with Crippen LogP contribution in [0.25, 0.3) is 0 Å². The Morgan fingerprint density at radius 3 is 2.66 bits per heavy atom. The molecule has 0 saturated carbocycles. The number of aryl methyl sites for hydroxylation is 1. The summed E-state index contributed by atoms with van der Waals surface area (Å²) >= 11 is 5.91. The Kier molecular flexibility index (Phi) is 6.37. The number of pyridine rings is 1. The minimum Gasteiger partial charge on any atom is -0.457 e. The number of rotatable bonds is 7. The third-order valence-electron chi connectivity index (χ3n) is 4.93.